The highest BCUT2D eigenvalue weighted by Gasteiger charge is 2.38. The van der Waals surface area contributed by atoms with E-state index in [0.717, 1.165) is 0 Å². The molecular formula is C24H31N3O7. The van der Waals surface area contributed by atoms with Gasteiger partial charge in [0.15, 0.2) is 11.5 Å². The summed E-state index contributed by atoms with van der Waals surface area (Å²) in [4.78, 5) is 55.1. The van der Waals surface area contributed by atoms with Gasteiger partial charge in [-0.1, -0.05) is 0 Å². The third kappa shape index (κ3) is 5.10. The highest BCUT2D eigenvalue weighted by atomic mass is 16.6. The first kappa shape index (κ1) is 23.8. The van der Waals surface area contributed by atoms with Gasteiger partial charge < -0.3 is 28.9 Å². The molecule has 2 atom stereocenters. The minimum absolute atomic E-state index is 0.0838. The van der Waals surface area contributed by atoms with Crippen LogP contribution in [0.15, 0.2) is 18.2 Å². The molecule has 184 valence electrons. The molecule has 2 saturated heterocycles. The van der Waals surface area contributed by atoms with Crippen LogP contribution >= 0.6 is 0 Å². The lowest BCUT2D eigenvalue weighted by Crippen LogP contribution is -2.48. The summed E-state index contributed by atoms with van der Waals surface area (Å²) in [6, 6.07) is 5.30. The van der Waals surface area contributed by atoms with Gasteiger partial charge in [-0.25, -0.2) is 0 Å². The summed E-state index contributed by atoms with van der Waals surface area (Å²) in [6.45, 7) is 4.00. The van der Waals surface area contributed by atoms with E-state index in [4.69, 9.17) is 14.2 Å². The third-order valence-electron chi connectivity index (χ3n) is 6.45. The van der Waals surface area contributed by atoms with Gasteiger partial charge in [0.25, 0.3) is 0 Å². The molecule has 3 amide bonds. The minimum Gasteiger partial charge on any atom is -0.486 e. The van der Waals surface area contributed by atoms with E-state index in [9.17, 15) is 19.2 Å². The topological polar surface area (TPSA) is 106 Å². The van der Waals surface area contributed by atoms with Crippen molar-refractivity contribution in [2.75, 3.05) is 57.9 Å². The fourth-order valence-corrected chi connectivity index (χ4v) is 4.67. The van der Waals surface area contributed by atoms with Crippen LogP contribution in [-0.2, 0) is 23.9 Å². The number of ether oxygens (including phenoxy) is 3. The normalized spacial score (nSPS) is 21.9. The van der Waals surface area contributed by atoms with Crippen LogP contribution in [0.2, 0.25) is 0 Å². The van der Waals surface area contributed by atoms with Crippen LogP contribution < -0.4 is 14.4 Å². The summed E-state index contributed by atoms with van der Waals surface area (Å²) in [5, 5.41) is 0. The van der Waals surface area contributed by atoms with E-state index in [1.54, 1.807) is 42.0 Å². The van der Waals surface area contributed by atoms with Gasteiger partial charge in [-0.05, 0) is 31.9 Å². The Kier molecular flexibility index (Phi) is 7.23. The molecule has 0 N–H and O–H groups in total. The number of likely N-dealkylation sites (N-methyl/N-ethyl adjacent to an activating group) is 1. The van der Waals surface area contributed by atoms with Gasteiger partial charge in [0.1, 0.15) is 13.2 Å². The number of esters is 1. The molecule has 0 aromatic heterocycles. The summed E-state index contributed by atoms with van der Waals surface area (Å²) in [5.41, 5.74) is 0.654. The number of anilines is 1. The number of rotatable bonds is 6. The summed E-state index contributed by atoms with van der Waals surface area (Å²) in [5.74, 6) is -0.542. The van der Waals surface area contributed by atoms with Crippen molar-refractivity contribution in [1.82, 2.24) is 9.80 Å². The predicted octanol–water partition coefficient (Wildman–Crippen LogP) is 1.07. The quantitative estimate of drug-likeness (QED) is 0.569. The SMILES string of the molecule is CCOC(=O)C1CCCN(C(=O)CN(C)C(=O)C2CC(=O)N(c3ccc4c(c3)OCCO4)C2)C1. The van der Waals surface area contributed by atoms with Crippen LogP contribution in [0.5, 0.6) is 11.5 Å². The maximum Gasteiger partial charge on any atom is 0.310 e. The van der Waals surface area contributed by atoms with E-state index in [1.165, 1.54) is 4.90 Å². The second kappa shape index (κ2) is 10.3. The highest BCUT2D eigenvalue weighted by Crippen LogP contribution is 2.36. The van der Waals surface area contributed by atoms with E-state index >= 15 is 0 Å². The monoisotopic (exact) mass is 473 g/mol. The molecule has 10 nitrogen and oxygen atoms in total. The zero-order valence-corrected chi connectivity index (χ0v) is 19.7. The molecule has 34 heavy (non-hydrogen) atoms. The van der Waals surface area contributed by atoms with Gasteiger partial charge in [0.05, 0.1) is 25.0 Å². The second-order valence-corrected chi connectivity index (χ2v) is 8.86. The number of likely N-dealkylation sites (tertiary alicyclic amines) is 1. The van der Waals surface area contributed by atoms with Crippen molar-refractivity contribution in [3.8, 4) is 11.5 Å². The van der Waals surface area contributed by atoms with Gasteiger partial charge in [0, 0.05) is 44.9 Å². The minimum atomic E-state index is -0.535. The molecule has 10 heteroatoms. The average molecular weight is 474 g/mol. The van der Waals surface area contributed by atoms with Crippen molar-refractivity contribution in [3.63, 3.8) is 0 Å². The van der Waals surface area contributed by atoms with Crippen molar-refractivity contribution >= 4 is 29.4 Å². The van der Waals surface area contributed by atoms with Gasteiger partial charge in [-0.15, -0.1) is 0 Å². The summed E-state index contributed by atoms with van der Waals surface area (Å²) in [6.07, 6.45) is 1.49. The zero-order valence-electron chi connectivity index (χ0n) is 19.7. The number of carbonyl (C=O) groups is 4. The van der Waals surface area contributed by atoms with Crippen LogP contribution in [0.4, 0.5) is 5.69 Å². The van der Waals surface area contributed by atoms with E-state index in [2.05, 4.69) is 0 Å². The van der Waals surface area contributed by atoms with E-state index in [0.29, 0.717) is 62.9 Å². The number of nitrogens with zero attached hydrogens (tertiary/aromatic N) is 3. The molecule has 0 bridgehead atoms. The molecule has 1 aromatic carbocycles. The number of hydrogen-bond acceptors (Lipinski definition) is 7. The van der Waals surface area contributed by atoms with Gasteiger partial charge in [0.2, 0.25) is 17.7 Å². The molecule has 2 fully saturated rings. The number of piperidine rings is 1. The molecule has 3 heterocycles. The average Bonchev–Trinajstić information content (AvgIpc) is 3.24. The maximum absolute atomic E-state index is 13.0. The first-order chi connectivity index (χ1) is 16.4. The standard InChI is InChI=1S/C24H31N3O7/c1-3-32-24(31)16-5-4-8-26(13-16)22(29)15-25(2)23(30)17-11-21(28)27(14-17)18-6-7-19-20(12-18)34-10-9-33-19/h6-7,12,16-17H,3-5,8-11,13-15H2,1-2H3. The Balaban J connectivity index is 1.33. The Bertz CT molecular complexity index is 966. The molecule has 0 radical (unpaired) electrons. The van der Waals surface area contributed by atoms with Crippen LogP contribution in [0.1, 0.15) is 26.2 Å². The van der Waals surface area contributed by atoms with Crippen molar-refractivity contribution in [3.05, 3.63) is 18.2 Å². The Hall–Kier alpha value is -3.30. The Morgan fingerprint density at radius 2 is 1.88 bits per heavy atom. The Morgan fingerprint density at radius 3 is 2.65 bits per heavy atom. The summed E-state index contributed by atoms with van der Waals surface area (Å²) in [7, 11) is 1.57. The smallest absolute Gasteiger partial charge is 0.310 e. The lowest BCUT2D eigenvalue weighted by Gasteiger charge is -2.33. The summed E-state index contributed by atoms with van der Waals surface area (Å²) >= 11 is 0. The molecular weight excluding hydrogens is 442 g/mol. The molecule has 3 aliphatic heterocycles. The molecule has 0 aliphatic carbocycles. The molecule has 2 unspecified atom stereocenters. The van der Waals surface area contributed by atoms with E-state index in [1.807, 2.05) is 0 Å². The van der Waals surface area contributed by atoms with Crippen LogP contribution in [0.3, 0.4) is 0 Å². The van der Waals surface area contributed by atoms with E-state index < -0.39 is 5.92 Å². The molecule has 0 spiro atoms. The van der Waals surface area contributed by atoms with Crippen molar-refractivity contribution in [1.29, 1.82) is 0 Å². The lowest BCUT2D eigenvalue weighted by molar-refractivity contribution is -0.152. The molecule has 1 aromatic rings. The number of hydrogen-bond donors (Lipinski definition) is 0. The highest BCUT2D eigenvalue weighted by molar-refractivity contribution is 6.01. The molecule has 0 saturated carbocycles. The fourth-order valence-electron chi connectivity index (χ4n) is 4.67. The lowest BCUT2D eigenvalue weighted by atomic mass is 9.98. The largest absolute Gasteiger partial charge is 0.486 e. The third-order valence-corrected chi connectivity index (χ3v) is 6.45. The Labute approximate surface area is 198 Å². The predicted molar refractivity (Wildman–Crippen MR) is 121 cm³/mol. The van der Waals surface area contributed by atoms with Gasteiger partial charge in [-0.3, -0.25) is 19.2 Å². The number of amides is 3. The van der Waals surface area contributed by atoms with Crippen LogP contribution in [-0.4, -0.2) is 86.5 Å². The Morgan fingerprint density at radius 1 is 1.12 bits per heavy atom. The summed E-state index contributed by atoms with van der Waals surface area (Å²) < 4.78 is 16.2. The molecule has 3 aliphatic rings. The van der Waals surface area contributed by atoms with Crippen molar-refractivity contribution in [2.24, 2.45) is 11.8 Å². The van der Waals surface area contributed by atoms with Crippen LogP contribution in [0.25, 0.3) is 0 Å². The number of benzene rings is 1. The van der Waals surface area contributed by atoms with E-state index in [-0.39, 0.29) is 49.1 Å². The zero-order chi connectivity index (χ0) is 24.2. The molecule has 4 rings (SSSR count). The van der Waals surface area contributed by atoms with Crippen molar-refractivity contribution in [2.45, 2.75) is 26.2 Å². The number of fused-ring (bicyclic) bond motifs is 1. The first-order valence-corrected chi connectivity index (χ1v) is 11.8. The van der Waals surface area contributed by atoms with Crippen LogP contribution in [0, 0.1) is 11.8 Å². The fraction of sp³-hybridized carbons (Fsp3) is 0.583. The first-order valence-electron chi connectivity index (χ1n) is 11.8. The second-order valence-electron chi connectivity index (χ2n) is 8.86. The number of carbonyl (C=O) groups excluding carboxylic acids is 4. The van der Waals surface area contributed by atoms with Gasteiger partial charge in [-0.2, -0.15) is 0 Å². The van der Waals surface area contributed by atoms with Crippen molar-refractivity contribution < 1.29 is 33.4 Å². The van der Waals surface area contributed by atoms with Gasteiger partial charge >= 0.3 is 5.97 Å². The maximum atomic E-state index is 13.0.